The third kappa shape index (κ3) is 5.64. The van der Waals surface area contributed by atoms with Crippen molar-refractivity contribution in [1.29, 1.82) is 0 Å². The van der Waals surface area contributed by atoms with E-state index in [-0.39, 0.29) is 29.9 Å². The lowest BCUT2D eigenvalue weighted by Gasteiger charge is -2.12. The summed E-state index contributed by atoms with van der Waals surface area (Å²) in [7, 11) is 0. The van der Waals surface area contributed by atoms with E-state index in [0.717, 1.165) is 18.2 Å². The topological polar surface area (TPSA) is 58.6 Å². The van der Waals surface area contributed by atoms with E-state index in [0.29, 0.717) is 24.1 Å². The van der Waals surface area contributed by atoms with E-state index in [4.69, 9.17) is 21.4 Å². The Labute approximate surface area is 153 Å². The molecule has 0 heterocycles. The third-order valence-electron chi connectivity index (χ3n) is 3.46. The number of alkyl halides is 3. The van der Waals surface area contributed by atoms with Crippen molar-refractivity contribution < 1.29 is 27.8 Å². The first-order chi connectivity index (χ1) is 12.3. The summed E-state index contributed by atoms with van der Waals surface area (Å²) >= 11 is 5.84. The van der Waals surface area contributed by atoms with Gasteiger partial charge in [-0.3, -0.25) is 4.79 Å². The molecular weight excluding hydrogens is 371 g/mol. The largest absolute Gasteiger partial charge is 0.487 e. The van der Waals surface area contributed by atoms with Crippen LogP contribution in [0.25, 0.3) is 0 Å². The fraction of sp³-hybridized carbons (Fsp3) is 0.278. The summed E-state index contributed by atoms with van der Waals surface area (Å²) in [5.74, 6) is -0.162. The number of hydrogen-bond acceptors (Lipinski definition) is 3. The molecule has 2 rings (SSSR count). The Balaban J connectivity index is 2.01. The Morgan fingerprint density at radius 3 is 2.62 bits per heavy atom. The van der Waals surface area contributed by atoms with Crippen molar-refractivity contribution in [3.63, 3.8) is 0 Å². The van der Waals surface area contributed by atoms with Gasteiger partial charge in [-0.2, -0.15) is 13.2 Å². The van der Waals surface area contributed by atoms with Crippen LogP contribution in [0, 0.1) is 0 Å². The Bertz CT molecular complexity index is 766. The van der Waals surface area contributed by atoms with Crippen molar-refractivity contribution in [3.8, 4) is 5.75 Å². The number of hydrogen-bond donors (Lipinski definition) is 2. The molecule has 2 aromatic rings. The average molecular weight is 388 g/mol. The molecule has 0 aliphatic carbocycles. The second-order valence-electron chi connectivity index (χ2n) is 5.47. The van der Waals surface area contributed by atoms with Crippen LogP contribution in [-0.2, 0) is 12.8 Å². The van der Waals surface area contributed by atoms with Gasteiger partial charge in [-0.15, -0.1) is 0 Å². The number of amides is 1. The molecule has 140 valence electrons. The molecule has 0 bridgehead atoms. The van der Waals surface area contributed by atoms with Crippen molar-refractivity contribution in [2.24, 2.45) is 0 Å². The Morgan fingerprint density at radius 1 is 1.19 bits per heavy atom. The van der Waals surface area contributed by atoms with Crippen LogP contribution in [0.2, 0.25) is 5.02 Å². The molecule has 0 saturated heterocycles. The van der Waals surface area contributed by atoms with E-state index in [1.165, 1.54) is 0 Å². The van der Waals surface area contributed by atoms with E-state index in [9.17, 15) is 18.0 Å². The number of halogens is 4. The minimum absolute atomic E-state index is 0.0119. The standard InChI is InChI=1S/C18H17ClF3NO3/c19-15-10-14(18(20,21)22)5-6-16(15)26-11-12-3-1-4-13(9-12)17(25)23-7-2-8-24/h1,3-6,9-10,24H,2,7-8,11H2,(H,23,25). The van der Waals surface area contributed by atoms with Crippen molar-refractivity contribution in [2.75, 3.05) is 13.2 Å². The highest BCUT2D eigenvalue weighted by atomic mass is 35.5. The van der Waals surface area contributed by atoms with Crippen LogP contribution in [0.1, 0.15) is 27.9 Å². The lowest BCUT2D eigenvalue weighted by atomic mass is 10.1. The van der Waals surface area contributed by atoms with Gasteiger partial charge < -0.3 is 15.2 Å². The van der Waals surface area contributed by atoms with Crippen LogP contribution < -0.4 is 10.1 Å². The zero-order valence-corrected chi connectivity index (χ0v) is 14.4. The molecule has 0 unspecified atom stereocenters. The summed E-state index contributed by atoms with van der Waals surface area (Å²) in [6.45, 7) is 0.391. The number of carbonyl (C=O) groups is 1. The number of rotatable bonds is 7. The average Bonchev–Trinajstić information content (AvgIpc) is 2.60. The van der Waals surface area contributed by atoms with Crippen molar-refractivity contribution in [3.05, 3.63) is 64.2 Å². The number of ether oxygens (including phenoxy) is 1. The van der Waals surface area contributed by atoms with Crippen LogP contribution in [0.15, 0.2) is 42.5 Å². The zero-order valence-electron chi connectivity index (χ0n) is 13.6. The van der Waals surface area contributed by atoms with Crippen LogP contribution >= 0.6 is 11.6 Å². The van der Waals surface area contributed by atoms with E-state index < -0.39 is 11.7 Å². The summed E-state index contributed by atoms with van der Waals surface area (Å²) in [4.78, 5) is 12.0. The lowest BCUT2D eigenvalue weighted by Crippen LogP contribution is -2.25. The predicted octanol–water partition coefficient (Wildman–Crippen LogP) is 4.05. The Morgan fingerprint density at radius 2 is 1.96 bits per heavy atom. The highest BCUT2D eigenvalue weighted by Gasteiger charge is 2.31. The first-order valence-electron chi connectivity index (χ1n) is 7.79. The number of aliphatic hydroxyl groups excluding tert-OH is 1. The SMILES string of the molecule is O=C(NCCCO)c1cccc(COc2ccc(C(F)(F)F)cc2Cl)c1. The number of aliphatic hydroxyl groups is 1. The molecule has 8 heteroatoms. The third-order valence-corrected chi connectivity index (χ3v) is 3.76. The van der Waals surface area contributed by atoms with Gasteiger partial charge >= 0.3 is 6.18 Å². The van der Waals surface area contributed by atoms with E-state index >= 15 is 0 Å². The predicted molar refractivity (Wildman–Crippen MR) is 91.3 cm³/mol. The molecule has 0 aliphatic heterocycles. The molecule has 0 saturated carbocycles. The molecule has 0 fully saturated rings. The Kier molecular flexibility index (Phi) is 6.88. The lowest BCUT2D eigenvalue weighted by molar-refractivity contribution is -0.137. The first kappa shape index (κ1) is 20.1. The van der Waals surface area contributed by atoms with Crippen molar-refractivity contribution >= 4 is 17.5 Å². The maximum absolute atomic E-state index is 12.6. The molecule has 0 atom stereocenters. The first-order valence-corrected chi connectivity index (χ1v) is 8.16. The number of benzene rings is 2. The van der Waals surface area contributed by atoms with Gasteiger partial charge in [-0.1, -0.05) is 23.7 Å². The Hall–Kier alpha value is -2.25. The van der Waals surface area contributed by atoms with Crippen LogP contribution in [-0.4, -0.2) is 24.2 Å². The number of carbonyl (C=O) groups excluding carboxylic acids is 1. The highest BCUT2D eigenvalue weighted by molar-refractivity contribution is 6.32. The quantitative estimate of drug-likeness (QED) is 0.705. The highest BCUT2D eigenvalue weighted by Crippen LogP contribution is 2.34. The summed E-state index contributed by atoms with van der Waals surface area (Å²) in [5, 5.41) is 11.2. The van der Waals surface area contributed by atoms with Gasteiger partial charge in [0.2, 0.25) is 0 Å². The smallest absolute Gasteiger partial charge is 0.416 e. The molecule has 4 nitrogen and oxygen atoms in total. The van der Waals surface area contributed by atoms with Gasteiger partial charge in [0.25, 0.3) is 5.91 Å². The molecule has 26 heavy (non-hydrogen) atoms. The van der Waals surface area contributed by atoms with E-state index in [1.54, 1.807) is 24.3 Å². The molecule has 1 amide bonds. The number of nitrogens with one attached hydrogen (secondary N) is 1. The summed E-state index contributed by atoms with van der Waals surface area (Å²) in [6.07, 6.45) is -4.01. The summed E-state index contributed by atoms with van der Waals surface area (Å²) in [6, 6.07) is 9.51. The van der Waals surface area contributed by atoms with Gasteiger partial charge in [0, 0.05) is 18.7 Å². The maximum Gasteiger partial charge on any atom is 0.416 e. The summed E-state index contributed by atoms with van der Waals surface area (Å²) < 4.78 is 43.4. The monoisotopic (exact) mass is 387 g/mol. The molecule has 0 spiro atoms. The molecule has 2 N–H and O–H groups in total. The van der Waals surface area contributed by atoms with Crippen molar-refractivity contribution in [2.45, 2.75) is 19.2 Å². The minimum Gasteiger partial charge on any atom is -0.487 e. The van der Waals surface area contributed by atoms with Gasteiger partial charge in [0.15, 0.2) is 0 Å². The fourth-order valence-electron chi connectivity index (χ4n) is 2.14. The fourth-order valence-corrected chi connectivity index (χ4v) is 2.38. The minimum atomic E-state index is -4.47. The van der Waals surface area contributed by atoms with Gasteiger partial charge in [0.1, 0.15) is 12.4 Å². The molecule has 2 aromatic carbocycles. The second-order valence-corrected chi connectivity index (χ2v) is 5.87. The zero-order chi connectivity index (χ0) is 19.2. The van der Waals surface area contributed by atoms with Crippen LogP contribution in [0.3, 0.4) is 0 Å². The van der Waals surface area contributed by atoms with E-state index in [1.807, 2.05) is 0 Å². The van der Waals surface area contributed by atoms with E-state index in [2.05, 4.69) is 5.32 Å². The molecular formula is C18H17ClF3NO3. The normalized spacial score (nSPS) is 11.3. The molecule has 0 aromatic heterocycles. The summed E-state index contributed by atoms with van der Waals surface area (Å²) in [5.41, 5.74) is 0.231. The van der Waals surface area contributed by atoms with Gasteiger partial charge in [0.05, 0.1) is 10.6 Å². The molecule has 0 radical (unpaired) electrons. The molecule has 0 aliphatic rings. The van der Waals surface area contributed by atoms with Crippen LogP contribution in [0.4, 0.5) is 13.2 Å². The maximum atomic E-state index is 12.6. The van der Waals surface area contributed by atoms with Crippen molar-refractivity contribution in [1.82, 2.24) is 5.32 Å². The second kappa shape index (κ2) is 8.91. The van der Waals surface area contributed by atoms with Gasteiger partial charge in [-0.25, -0.2) is 0 Å². The van der Waals surface area contributed by atoms with Gasteiger partial charge in [-0.05, 0) is 42.3 Å². The van der Waals surface area contributed by atoms with Crippen LogP contribution in [0.5, 0.6) is 5.75 Å².